The van der Waals surface area contributed by atoms with Gasteiger partial charge in [0.25, 0.3) is 0 Å². The van der Waals surface area contributed by atoms with Crippen molar-refractivity contribution in [2.75, 3.05) is 6.54 Å². The number of fused-ring (bicyclic) bond motifs is 1. The number of rotatable bonds is 4. The van der Waals surface area contributed by atoms with Crippen LogP contribution in [0.25, 0.3) is 0 Å². The maximum atomic E-state index is 14.4. The molecule has 2 atom stereocenters. The first-order valence-corrected chi connectivity index (χ1v) is 7.69. The van der Waals surface area contributed by atoms with Crippen LogP contribution < -0.4 is 5.32 Å². The highest BCUT2D eigenvalue weighted by atomic mass is 19.1. The van der Waals surface area contributed by atoms with Gasteiger partial charge < -0.3 is 15.0 Å². The molecular weight excluding hydrogens is 311 g/mol. The number of aliphatic hydroxyl groups is 1. The Labute approximate surface area is 138 Å². The van der Waals surface area contributed by atoms with E-state index in [0.29, 0.717) is 17.8 Å². The van der Waals surface area contributed by atoms with Gasteiger partial charge in [-0.1, -0.05) is 6.07 Å². The second-order valence-corrected chi connectivity index (χ2v) is 5.92. The van der Waals surface area contributed by atoms with Crippen molar-refractivity contribution in [3.05, 3.63) is 53.4 Å². The summed E-state index contributed by atoms with van der Waals surface area (Å²) in [4.78, 5) is 15.9. The number of halogens is 1. The van der Waals surface area contributed by atoms with E-state index in [1.54, 1.807) is 17.6 Å². The van der Waals surface area contributed by atoms with Crippen LogP contribution in [0.1, 0.15) is 42.6 Å². The molecule has 6 nitrogen and oxygen atoms in total. The van der Waals surface area contributed by atoms with Gasteiger partial charge in [0.05, 0.1) is 42.3 Å². The van der Waals surface area contributed by atoms with Crippen LogP contribution in [-0.2, 0) is 10.4 Å². The molecule has 0 unspecified atom stereocenters. The predicted octanol–water partition coefficient (Wildman–Crippen LogP) is 1.60. The Bertz CT molecular complexity index is 826. The van der Waals surface area contributed by atoms with Crippen molar-refractivity contribution in [1.29, 1.82) is 5.26 Å². The van der Waals surface area contributed by atoms with E-state index in [0.717, 1.165) is 0 Å². The number of nitrogens with zero attached hydrogens (tertiary/aromatic N) is 3. The summed E-state index contributed by atoms with van der Waals surface area (Å²) in [6.45, 7) is 2.28. The van der Waals surface area contributed by atoms with Crippen LogP contribution in [0.15, 0.2) is 30.7 Å². The fourth-order valence-electron chi connectivity index (χ4n) is 3.25. The zero-order chi connectivity index (χ0) is 17.3. The number of hydrogen-bond donors (Lipinski definition) is 2. The van der Waals surface area contributed by atoms with E-state index < -0.39 is 17.5 Å². The van der Waals surface area contributed by atoms with Crippen LogP contribution >= 0.6 is 0 Å². The summed E-state index contributed by atoms with van der Waals surface area (Å²) < 4.78 is 16.1. The normalized spacial score (nSPS) is 22.0. The number of carbonyl (C=O) groups excluding carboxylic acids is 1. The van der Waals surface area contributed by atoms with Crippen LogP contribution in [0.3, 0.4) is 0 Å². The molecule has 3 rings (SSSR count). The van der Waals surface area contributed by atoms with Gasteiger partial charge in [-0.2, -0.15) is 5.26 Å². The largest absolute Gasteiger partial charge is 0.383 e. The van der Waals surface area contributed by atoms with Crippen molar-refractivity contribution in [3.8, 4) is 6.07 Å². The Morgan fingerprint density at radius 2 is 2.42 bits per heavy atom. The summed E-state index contributed by atoms with van der Waals surface area (Å²) in [5, 5.41) is 22.5. The Morgan fingerprint density at radius 3 is 3.08 bits per heavy atom. The summed E-state index contributed by atoms with van der Waals surface area (Å²) in [6.07, 6.45) is 3.08. The molecule has 0 spiro atoms. The molecule has 2 N–H and O–H groups in total. The van der Waals surface area contributed by atoms with E-state index in [1.165, 1.54) is 24.7 Å². The third-order valence-corrected chi connectivity index (χ3v) is 4.33. The molecule has 0 saturated carbocycles. The van der Waals surface area contributed by atoms with Crippen LogP contribution in [0, 0.1) is 17.1 Å². The van der Waals surface area contributed by atoms with Crippen molar-refractivity contribution >= 4 is 5.91 Å². The number of nitrogens with one attached hydrogen (secondary N) is 1. The molecule has 0 radical (unpaired) electrons. The predicted molar refractivity (Wildman–Crippen MR) is 83.3 cm³/mol. The molecule has 7 heteroatoms. The summed E-state index contributed by atoms with van der Waals surface area (Å²) in [6, 6.07) is 5.67. The molecule has 2 aromatic rings. The first-order valence-electron chi connectivity index (χ1n) is 7.69. The maximum absolute atomic E-state index is 14.4. The van der Waals surface area contributed by atoms with E-state index in [-0.39, 0.29) is 24.3 Å². The third-order valence-electron chi connectivity index (χ3n) is 4.33. The molecule has 2 heterocycles. The van der Waals surface area contributed by atoms with Crippen LogP contribution in [-0.4, -0.2) is 27.1 Å². The topological polar surface area (TPSA) is 90.9 Å². The molecule has 1 aliphatic rings. The van der Waals surface area contributed by atoms with Crippen LogP contribution in [0.2, 0.25) is 0 Å². The Morgan fingerprint density at radius 1 is 1.62 bits per heavy atom. The number of hydrogen-bond acceptors (Lipinski definition) is 4. The second kappa shape index (κ2) is 6.06. The molecule has 1 aromatic carbocycles. The Hall–Kier alpha value is -2.72. The lowest BCUT2D eigenvalue weighted by atomic mass is 9.90. The summed E-state index contributed by atoms with van der Waals surface area (Å²) in [7, 11) is 0. The number of carbonyl (C=O) groups is 1. The van der Waals surface area contributed by atoms with Crippen molar-refractivity contribution in [3.63, 3.8) is 0 Å². The fraction of sp³-hybridized carbons (Fsp3) is 0.353. The average Bonchev–Trinajstić information content (AvgIpc) is 3.11. The highest BCUT2D eigenvalue weighted by Gasteiger charge is 2.45. The van der Waals surface area contributed by atoms with Gasteiger partial charge in [0, 0.05) is 18.5 Å². The lowest BCUT2D eigenvalue weighted by molar-refractivity contribution is -0.126. The molecule has 0 bridgehead atoms. The Kier molecular flexibility index (Phi) is 4.08. The average molecular weight is 328 g/mol. The summed E-state index contributed by atoms with van der Waals surface area (Å²) in [5.41, 5.74) is -0.318. The van der Waals surface area contributed by atoms with Gasteiger partial charge in [0.2, 0.25) is 5.91 Å². The van der Waals surface area contributed by atoms with Crippen molar-refractivity contribution < 1.29 is 14.3 Å². The summed E-state index contributed by atoms with van der Waals surface area (Å²) >= 11 is 0. The maximum Gasteiger partial charge on any atom is 0.223 e. The molecule has 1 aromatic heterocycles. The van der Waals surface area contributed by atoms with Gasteiger partial charge in [0.15, 0.2) is 0 Å². The highest BCUT2D eigenvalue weighted by Crippen LogP contribution is 2.45. The van der Waals surface area contributed by atoms with E-state index in [9.17, 15) is 14.3 Å². The van der Waals surface area contributed by atoms with Gasteiger partial charge in [-0.15, -0.1) is 0 Å². The number of amides is 1. The quantitative estimate of drug-likeness (QED) is 0.892. The molecule has 0 saturated heterocycles. The molecule has 24 heavy (non-hydrogen) atoms. The van der Waals surface area contributed by atoms with Crippen molar-refractivity contribution in [2.24, 2.45) is 0 Å². The van der Waals surface area contributed by atoms with Crippen molar-refractivity contribution in [2.45, 2.75) is 31.4 Å². The van der Waals surface area contributed by atoms with Gasteiger partial charge in [0.1, 0.15) is 11.4 Å². The molecule has 124 valence electrons. The number of imidazole rings is 1. The third kappa shape index (κ3) is 2.65. The highest BCUT2D eigenvalue weighted by molar-refractivity contribution is 5.77. The zero-order valence-corrected chi connectivity index (χ0v) is 13.2. The second-order valence-electron chi connectivity index (χ2n) is 5.92. The van der Waals surface area contributed by atoms with E-state index >= 15 is 0 Å². The molecule has 1 aliphatic heterocycles. The minimum absolute atomic E-state index is 0.110. The Balaban J connectivity index is 1.96. The molecular formula is C17H17FN4O2. The first kappa shape index (κ1) is 16.1. The first-order chi connectivity index (χ1) is 11.5. The molecule has 0 aliphatic carbocycles. The number of aromatic nitrogens is 2. The van der Waals surface area contributed by atoms with Gasteiger partial charge in [-0.25, -0.2) is 9.37 Å². The number of benzene rings is 1. The van der Waals surface area contributed by atoms with Crippen molar-refractivity contribution in [1.82, 2.24) is 14.9 Å². The van der Waals surface area contributed by atoms with E-state index in [2.05, 4.69) is 10.3 Å². The minimum Gasteiger partial charge on any atom is -0.383 e. The van der Waals surface area contributed by atoms with Gasteiger partial charge in [-0.05, 0) is 19.1 Å². The van der Waals surface area contributed by atoms with Gasteiger partial charge >= 0.3 is 0 Å². The number of nitriles is 1. The van der Waals surface area contributed by atoms with Crippen LogP contribution in [0.5, 0.6) is 0 Å². The molecule has 1 amide bonds. The van der Waals surface area contributed by atoms with E-state index in [4.69, 9.17) is 5.26 Å². The monoisotopic (exact) mass is 328 g/mol. The SMILES string of the molecule is CCNC(=O)C[C@@]1(O)C[C@H](c2ccc(C#N)cc2F)n2cncc21. The fourth-order valence-corrected chi connectivity index (χ4v) is 3.25. The van der Waals surface area contributed by atoms with E-state index in [1.807, 2.05) is 6.07 Å². The standard InChI is InChI=1S/C17H17FN4O2/c1-2-21-16(23)7-17(24)6-14(22-10-20-9-15(17)22)12-4-3-11(8-19)5-13(12)18/h3-5,9-10,14,24H,2,6-7H2,1H3,(H,21,23)/t14-,17+/m1/s1. The lowest BCUT2D eigenvalue weighted by Crippen LogP contribution is -2.33. The zero-order valence-electron chi connectivity index (χ0n) is 13.2. The lowest BCUT2D eigenvalue weighted by Gasteiger charge is -2.22. The van der Waals surface area contributed by atoms with Gasteiger partial charge in [-0.3, -0.25) is 4.79 Å². The van der Waals surface area contributed by atoms with Crippen LogP contribution in [0.4, 0.5) is 4.39 Å². The molecule has 0 fully saturated rings. The minimum atomic E-state index is -1.40. The summed E-state index contributed by atoms with van der Waals surface area (Å²) in [5.74, 6) is -0.783. The smallest absolute Gasteiger partial charge is 0.223 e.